The molecule has 2 amide bonds. The van der Waals surface area contributed by atoms with Gasteiger partial charge in [0.25, 0.3) is 5.91 Å². The number of para-hydroxylation sites is 2. The molecule has 0 aliphatic carbocycles. The van der Waals surface area contributed by atoms with E-state index in [9.17, 15) is 24.3 Å². The number of amides is 2. The first-order chi connectivity index (χ1) is 19.6. The number of carbonyl (C=O) groups is 4. The normalized spacial score (nSPS) is 11.8. The number of anilines is 3. The minimum atomic E-state index is -0.819. The first-order valence-corrected chi connectivity index (χ1v) is 14.5. The summed E-state index contributed by atoms with van der Waals surface area (Å²) < 4.78 is 5.31. The van der Waals surface area contributed by atoms with E-state index < -0.39 is 17.7 Å². The molecule has 0 bridgehead atoms. The zero-order valence-electron chi connectivity index (χ0n) is 24.5. The van der Waals surface area contributed by atoms with E-state index in [4.69, 9.17) is 4.74 Å². The highest BCUT2D eigenvalue weighted by atomic mass is 16.6. The van der Waals surface area contributed by atoms with Crippen LogP contribution in [-0.4, -0.2) is 41.0 Å². The van der Waals surface area contributed by atoms with Gasteiger partial charge in [-0.2, -0.15) is 0 Å². The third-order valence-electron chi connectivity index (χ3n) is 6.41. The number of ether oxygens (including phenoxy) is 1. The summed E-state index contributed by atoms with van der Waals surface area (Å²) in [5.41, 5.74) is 1.48. The number of carboxylic acids is 1. The van der Waals surface area contributed by atoms with E-state index in [1.165, 1.54) is 0 Å². The Balaban J connectivity index is 1.91. The van der Waals surface area contributed by atoms with Crippen LogP contribution in [0.2, 0.25) is 0 Å². The van der Waals surface area contributed by atoms with Gasteiger partial charge in [-0.25, -0.2) is 4.79 Å². The van der Waals surface area contributed by atoms with Crippen LogP contribution in [0.25, 0.3) is 0 Å². The summed E-state index contributed by atoms with van der Waals surface area (Å²) in [6.07, 6.45) is 10.0. The largest absolute Gasteiger partial charge is 0.481 e. The average Bonchev–Trinajstić information content (AvgIpc) is 2.91. The molecule has 4 N–H and O–H groups in total. The van der Waals surface area contributed by atoms with E-state index in [1.807, 2.05) is 12.1 Å². The summed E-state index contributed by atoms with van der Waals surface area (Å²) in [4.78, 5) is 46.7. The molecule has 9 heteroatoms. The summed E-state index contributed by atoms with van der Waals surface area (Å²) in [5, 5.41) is 18.1. The lowest BCUT2D eigenvalue weighted by Gasteiger charge is -2.20. The number of aldehydes is 1. The molecule has 0 radical (unpaired) electrons. The Kier molecular flexibility index (Phi) is 14.4. The fraction of sp³-hybridized carbons (Fsp3) is 0.500. The molecule has 9 nitrogen and oxygen atoms in total. The van der Waals surface area contributed by atoms with Gasteiger partial charge >= 0.3 is 12.1 Å². The lowest BCUT2D eigenvalue weighted by atomic mass is 10.0. The first-order valence-electron chi connectivity index (χ1n) is 14.5. The van der Waals surface area contributed by atoms with Crippen LogP contribution < -0.4 is 16.0 Å². The fourth-order valence-electron chi connectivity index (χ4n) is 4.35. The van der Waals surface area contributed by atoms with Crippen LogP contribution in [-0.2, 0) is 14.3 Å². The molecule has 41 heavy (non-hydrogen) atoms. The molecule has 0 aliphatic rings. The van der Waals surface area contributed by atoms with Gasteiger partial charge in [-0.1, -0.05) is 50.7 Å². The van der Waals surface area contributed by atoms with Gasteiger partial charge in [-0.15, -0.1) is 0 Å². The molecule has 2 aromatic carbocycles. The van der Waals surface area contributed by atoms with Crippen LogP contribution in [0.3, 0.4) is 0 Å². The number of nitrogens with one attached hydrogen (secondary N) is 3. The Hall–Kier alpha value is -3.88. The van der Waals surface area contributed by atoms with Crippen molar-refractivity contribution < 1.29 is 29.0 Å². The van der Waals surface area contributed by atoms with Crippen molar-refractivity contribution in [1.29, 1.82) is 0 Å². The Bertz CT molecular complexity index is 1110. The van der Waals surface area contributed by atoms with E-state index in [2.05, 4.69) is 16.0 Å². The molecule has 0 aromatic heterocycles. The van der Waals surface area contributed by atoms with Gasteiger partial charge in [0.2, 0.25) is 0 Å². The Morgan fingerprint density at radius 3 is 2.00 bits per heavy atom. The van der Waals surface area contributed by atoms with Crippen molar-refractivity contribution in [3.8, 4) is 0 Å². The molecule has 0 aliphatic heterocycles. The molecule has 224 valence electrons. The van der Waals surface area contributed by atoms with Crippen molar-refractivity contribution in [2.45, 2.75) is 103 Å². The molecule has 1 atom stereocenters. The molecule has 0 saturated heterocycles. The van der Waals surface area contributed by atoms with Crippen LogP contribution >= 0.6 is 0 Å². The molecule has 2 aromatic rings. The number of aliphatic carboxylic acids is 1. The smallest absolute Gasteiger partial charge is 0.412 e. The second-order valence-corrected chi connectivity index (χ2v) is 11.2. The predicted octanol–water partition coefficient (Wildman–Crippen LogP) is 7.64. The summed E-state index contributed by atoms with van der Waals surface area (Å²) >= 11 is 0. The zero-order chi connectivity index (χ0) is 30.1. The van der Waals surface area contributed by atoms with Crippen molar-refractivity contribution in [2.75, 3.05) is 16.0 Å². The topological polar surface area (TPSA) is 134 Å². The molecule has 0 spiro atoms. The van der Waals surface area contributed by atoms with Gasteiger partial charge in [0, 0.05) is 30.1 Å². The molecule has 2 rings (SSSR count). The Labute approximate surface area is 243 Å². The molecular formula is C32H45N3O6. The fourth-order valence-corrected chi connectivity index (χ4v) is 4.35. The molecule has 0 saturated carbocycles. The number of carboxylic acid groups (broad SMARTS) is 1. The third kappa shape index (κ3) is 14.4. The third-order valence-corrected chi connectivity index (χ3v) is 6.41. The lowest BCUT2D eigenvalue weighted by molar-refractivity contribution is -0.137. The van der Waals surface area contributed by atoms with Crippen molar-refractivity contribution in [1.82, 2.24) is 0 Å². The first kappa shape index (κ1) is 33.3. The predicted molar refractivity (Wildman–Crippen MR) is 163 cm³/mol. The SMILES string of the molecule is CC(C)(C)OC(=O)Nc1ccccc1NC(=O)c1ccc(NC(CCCCCCCCCC=O)CCC(=O)O)cc1. The van der Waals surface area contributed by atoms with E-state index in [0.29, 0.717) is 29.8 Å². The summed E-state index contributed by atoms with van der Waals surface area (Å²) in [5.74, 6) is -1.15. The maximum atomic E-state index is 12.9. The highest BCUT2D eigenvalue weighted by molar-refractivity contribution is 6.07. The summed E-state index contributed by atoms with van der Waals surface area (Å²) in [6.45, 7) is 5.32. The monoisotopic (exact) mass is 567 g/mol. The average molecular weight is 568 g/mol. The molecule has 0 heterocycles. The van der Waals surface area contributed by atoms with E-state index in [-0.39, 0.29) is 18.4 Å². The quantitative estimate of drug-likeness (QED) is 0.107. The van der Waals surface area contributed by atoms with Gasteiger partial charge in [-0.05, 0) is 76.4 Å². The second-order valence-electron chi connectivity index (χ2n) is 11.2. The summed E-state index contributed by atoms with van der Waals surface area (Å²) in [6, 6.07) is 13.9. The number of carbonyl (C=O) groups excluding carboxylic acids is 3. The van der Waals surface area contributed by atoms with Crippen LogP contribution in [0.15, 0.2) is 48.5 Å². The number of unbranched alkanes of at least 4 members (excludes halogenated alkanes) is 7. The Morgan fingerprint density at radius 2 is 1.41 bits per heavy atom. The van der Waals surface area contributed by atoms with Gasteiger partial charge < -0.3 is 25.3 Å². The van der Waals surface area contributed by atoms with Crippen LogP contribution in [0, 0.1) is 0 Å². The van der Waals surface area contributed by atoms with Gasteiger partial charge in [0.05, 0.1) is 11.4 Å². The van der Waals surface area contributed by atoms with Crippen molar-refractivity contribution in [3.63, 3.8) is 0 Å². The second kappa shape index (κ2) is 17.7. The number of hydrogen-bond donors (Lipinski definition) is 4. The highest BCUT2D eigenvalue weighted by Gasteiger charge is 2.18. The lowest BCUT2D eigenvalue weighted by Crippen LogP contribution is -2.27. The number of hydrogen-bond acceptors (Lipinski definition) is 6. The highest BCUT2D eigenvalue weighted by Crippen LogP contribution is 2.24. The molecule has 1 unspecified atom stereocenters. The minimum absolute atomic E-state index is 0.0178. The van der Waals surface area contributed by atoms with Gasteiger partial charge in [0.15, 0.2) is 0 Å². The standard InChI is InChI=1S/C32H45N3O6/c1-32(2,3)41-31(40)35-28-16-12-11-15-27(28)34-30(39)24-17-19-26(20-18-24)33-25(21-22-29(37)38)14-10-8-6-4-5-7-9-13-23-36/h11-12,15-20,23,25,33H,4-10,13-14,21-22H2,1-3H3,(H,34,39)(H,35,40)(H,37,38). The van der Waals surface area contributed by atoms with Crippen molar-refractivity contribution >= 4 is 41.3 Å². The van der Waals surface area contributed by atoms with Gasteiger partial charge in [-0.3, -0.25) is 14.9 Å². The van der Waals surface area contributed by atoms with Gasteiger partial charge in [0.1, 0.15) is 11.9 Å². The maximum absolute atomic E-state index is 12.9. The van der Waals surface area contributed by atoms with Crippen LogP contribution in [0.1, 0.15) is 102 Å². The summed E-state index contributed by atoms with van der Waals surface area (Å²) in [7, 11) is 0. The molecule has 0 fully saturated rings. The van der Waals surface area contributed by atoms with E-state index in [0.717, 1.165) is 63.3 Å². The maximum Gasteiger partial charge on any atom is 0.412 e. The van der Waals surface area contributed by atoms with Crippen LogP contribution in [0.4, 0.5) is 21.9 Å². The van der Waals surface area contributed by atoms with E-state index >= 15 is 0 Å². The van der Waals surface area contributed by atoms with Crippen molar-refractivity contribution in [3.05, 3.63) is 54.1 Å². The van der Waals surface area contributed by atoms with E-state index in [1.54, 1.807) is 57.2 Å². The Morgan fingerprint density at radius 1 is 0.829 bits per heavy atom. The van der Waals surface area contributed by atoms with Crippen LogP contribution in [0.5, 0.6) is 0 Å². The van der Waals surface area contributed by atoms with Crippen molar-refractivity contribution in [2.24, 2.45) is 0 Å². The minimum Gasteiger partial charge on any atom is -0.481 e. The molecular weight excluding hydrogens is 522 g/mol. The number of benzene rings is 2. The number of rotatable bonds is 18. The zero-order valence-corrected chi connectivity index (χ0v) is 24.5.